The summed E-state index contributed by atoms with van der Waals surface area (Å²) < 4.78 is 2.02. The van der Waals surface area contributed by atoms with Gasteiger partial charge in [-0.05, 0) is 47.5 Å². The molecule has 0 saturated heterocycles. The standard InChI is InChI=1S/C25H20N6/c1-2-4-20(5-3-1)17-31-24-9-8-23(14-22(24)16-29-31)30-25-21(15-27-18-28-25)7-6-19-10-12-26-13-11-19/h1-16,18H,17H2,(H,27,28,30). The fraction of sp³-hybridized carbons (Fsp3) is 0.0400. The number of anilines is 2. The topological polar surface area (TPSA) is 68.5 Å². The van der Waals surface area contributed by atoms with Gasteiger partial charge in [0.15, 0.2) is 0 Å². The van der Waals surface area contributed by atoms with E-state index in [0.717, 1.165) is 40.1 Å². The van der Waals surface area contributed by atoms with E-state index in [1.807, 2.05) is 59.4 Å². The van der Waals surface area contributed by atoms with Crippen LogP contribution in [-0.4, -0.2) is 24.7 Å². The highest BCUT2D eigenvalue weighted by molar-refractivity contribution is 5.84. The first-order valence-corrected chi connectivity index (χ1v) is 10.00. The van der Waals surface area contributed by atoms with Gasteiger partial charge < -0.3 is 5.32 Å². The molecule has 3 aromatic heterocycles. The van der Waals surface area contributed by atoms with Gasteiger partial charge in [-0.25, -0.2) is 9.97 Å². The lowest BCUT2D eigenvalue weighted by Crippen LogP contribution is -2.01. The molecule has 0 saturated carbocycles. The van der Waals surface area contributed by atoms with Crippen LogP contribution in [0.3, 0.4) is 0 Å². The molecule has 6 heteroatoms. The summed E-state index contributed by atoms with van der Waals surface area (Å²) in [5.74, 6) is 0.747. The van der Waals surface area contributed by atoms with E-state index in [0.29, 0.717) is 0 Å². The molecule has 3 heterocycles. The lowest BCUT2D eigenvalue weighted by atomic mass is 10.2. The molecule has 5 rings (SSSR count). The fourth-order valence-electron chi connectivity index (χ4n) is 3.41. The van der Waals surface area contributed by atoms with Crippen molar-refractivity contribution in [2.24, 2.45) is 0 Å². The van der Waals surface area contributed by atoms with Crippen LogP contribution in [0, 0.1) is 0 Å². The lowest BCUT2D eigenvalue weighted by Gasteiger charge is -2.09. The van der Waals surface area contributed by atoms with Gasteiger partial charge >= 0.3 is 0 Å². The summed E-state index contributed by atoms with van der Waals surface area (Å²) in [6.45, 7) is 0.743. The van der Waals surface area contributed by atoms with Crippen LogP contribution < -0.4 is 5.32 Å². The molecule has 0 aliphatic carbocycles. The average molecular weight is 404 g/mol. The minimum Gasteiger partial charge on any atom is -0.340 e. The van der Waals surface area contributed by atoms with Gasteiger partial charge in [-0.2, -0.15) is 5.10 Å². The molecule has 0 bridgehead atoms. The number of aromatic nitrogens is 5. The number of fused-ring (bicyclic) bond motifs is 1. The molecule has 150 valence electrons. The Bertz CT molecular complexity index is 1330. The maximum absolute atomic E-state index is 4.57. The lowest BCUT2D eigenvalue weighted by molar-refractivity contribution is 0.712. The highest BCUT2D eigenvalue weighted by Crippen LogP contribution is 2.24. The molecule has 1 N–H and O–H groups in total. The Labute approximate surface area is 180 Å². The van der Waals surface area contributed by atoms with Gasteiger partial charge in [-0.1, -0.05) is 36.4 Å². The molecular formula is C25H20N6. The van der Waals surface area contributed by atoms with Gasteiger partial charge in [0, 0.05) is 35.2 Å². The summed E-state index contributed by atoms with van der Waals surface area (Å²) in [4.78, 5) is 12.6. The molecule has 0 aliphatic rings. The van der Waals surface area contributed by atoms with Crippen LogP contribution in [0.4, 0.5) is 11.5 Å². The van der Waals surface area contributed by atoms with Crippen molar-refractivity contribution in [1.82, 2.24) is 24.7 Å². The fourth-order valence-corrected chi connectivity index (χ4v) is 3.41. The number of nitrogens with zero attached hydrogens (tertiary/aromatic N) is 5. The minimum atomic E-state index is 0.743. The number of hydrogen-bond donors (Lipinski definition) is 1. The highest BCUT2D eigenvalue weighted by Gasteiger charge is 2.07. The van der Waals surface area contributed by atoms with Gasteiger partial charge in [0.1, 0.15) is 12.1 Å². The third-order valence-electron chi connectivity index (χ3n) is 4.98. The van der Waals surface area contributed by atoms with E-state index < -0.39 is 0 Å². The zero-order valence-corrected chi connectivity index (χ0v) is 16.8. The summed E-state index contributed by atoms with van der Waals surface area (Å²) in [6.07, 6.45) is 12.8. The number of nitrogens with one attached hydrogen (secondary N) is 1. The highest BCUT2D eigenvalue weighted by atomic mass is 15.3. The summed E-state index contributed by atoms with van der Waals surface area (Å²) in [5.41, 5.74) is 5.23. The zero-order valence-electron chi connectivity index (χ0n) is 16.8. The quantitative estimate of drug-likeness (QED) is 0.422. The van der Waals surface area contributed by atoms with Crippen LogP contribution >= 0.6 is 0 Å². The molecule has 6 nitrogen and oxygen atoms in total. The Morgan fingerprint density at radius 2 is 1.74 bits per heavy atom. The van der Waals surface area contributed by atoms with E-state index in [4.69, 9.17) is 0 Å². The smallest absolute Gasteiger partial charge is 0.141 e. The second-order valence-corrected chi connectivity index (χ2v) is 7.13. The van der Waals surface area contributed by atoms with Crippen molar-refractivity contribution < 1.29 is 0 Å². The van der Waals surface area contributed by atoms with E-state index >= 15 is 0 Å². The third kappa shape index (κ3) is 4.33. The molecular weight excluding hydrogens is 384 g/mol. The zero-order chi connectivity index (χ0) is 20.9. The van der Waals surface area contributed by atoms with Crippen molar-refractivity contribution in [3.05, 3.63) is 108 Å². The summed E-state index contributed by atoms with van der Waals surface area (Å²) >= 11 is 0. The number of pyridine rings is 1. The average Bonchev–Trinajstić information content (AvgIpc) is 3.22. The predicted molar refractivity (Wildman–Crippen MR) is 124 cm³/mol. The van der Waals surface area contributed by atoms with Crippen molar-refractivity contribution in [1.29, 1.82) is 0 Å². The molecule has 31 heavy (non-hydrogen) atoms. The van der Waals surface area contributed by atoms with E-state index in [2.05, 4.69) is 49.6 Å². The molecule has 0 radical (unpaired) electrons. The molecule has 5 aromatic rings. The van der Waals surface area contributed by atoms with Gasteiger partial charge in [0.05, 0.1) is 18.3 Å². The van der Waals surface area contributed by atoms with Crippen molar-refractivity contribution >= 4 is 34.6 Å². The van der Waals surface area contributed by atoms with Crippen LogP contribution in [0.25, 0.3) is 23.1 Å². The van der Waals surface area contributed by atoms with E-state index in [-0.39, 0.29) is 0 Å². The van der Waals surface area contributed by atoms with Gasteiger partial charge in [0.2, 0.25) is 0 Å². The Kier molecular flexibility index (Phi) is 5.18. The summed E-state index contributed by atoms with van der Waals surface area (Å²) in [6, 6.07) is 20.5. The van der Waals surface area contributed by atoms with E-state index in [1.165, 1.54) is 5.56 Å². The largest absolute Gasteiger partial charge is 0.340 e. The van der Waals surface area contributed by atoms with Crippen molar-refractivity contribution in [2.45, 2.75) is 6.54 Å². The molecule has 0 atom stereocenters. The maximum atomic E-state index is 4.57. The molecule has 0 spiro atoms. The second kappa shape index (κ2) is 8.59. The number of benzene rings is 2. The molecule has 0 aliphatic heterocycles. The van der Waals surface area contributed by atoms with Crippen LogP contribution in [0.5, 0.6) is 0 Å². The minimum absolute atomic E-state index is 0.743. The van der Waals surface area contributed by atoms with Gasteiger partial charge in [-0.15, -0.1) is 0 Å². The normalized spacial score (nSPS) is 11.2. The Morgan fingerprint density at radius 3 is 2.61 bits per heavy atom. The summed E-state index contributed by atoms with van der Waals surface area (Å²) in [7, 11) is 0. The number of rotatable bonds is 6. The van der Waals surface area contributed by atoms with Gasteiger partial charge in [0.25, 0.3) is 0 Å². The van der Waals surface area contributed by atoms with Crippen LogP contribution in [0.1, 0.15) is 16.7 Å². The SMILES string of the molecule is C(=Cc1cncnc1Nc1ccc2c(cnn2Cc2ccccc2)c1)c1ccncc1. The van der Waals surface area contributed by atoms with Crippen molar-refractivity contribution in [3.63, 3.8) is 0 Å². The van der Waals surface area contributed by atoms with Crippen LogP contribution in [0.2, 0.25) is 0 Å². The van der Waals surface area contributed by atoms with Gasteiger partial charge in [-0.3, -0.25) is 9.67 Å². The van der Waals surface area contributed by atoms with Crippen molar-refractivity contribution in [2.75, 3.05) is 5.32 Å². The number of hydrogen-bond acceptors (Lipinski definition) is 5. The van der Waals surface area contributed by atoms with E-state index in [1.54, 1.807) is 24.9 Å². The summed E-state index contributed by atoms with van der Waals surface area (Å²) in [5, 5.41) is 9.05. The Hall–Kier alpha value is -4.32. The molecule has 0 fully saturated rings. The first-order valence-electron chi connectivity index (χ1n) is 10.00. The van der Waals surface area contributed by atoms with Crippen molar-refractivity contribution in [3.8, 4) is 0 Å². The first kappa shape index (κ1) is 18.7. The second-order valence-electron chi connectivity index (χ2n) is 7.13. The molecule has 0 unspecified atom stereocenters. The van der Waals surface area contributed by atoms with E-state index in [9.17, 15) is 0 Å². The molecule has 0 amide bonds. The molecule has 2 aromatic carbocycles. The predicted octanol–water partition coefficient (Wildman–Crippen LogP) is 5.18. The van der Waals surface area contributed by atoms with Crippen LogP contribution in [-0.2, 0) is 6.54 Å². The van der Waals surface area contributed by atoms with Crippen LogP contribution in [0.15, 0.2) is 91.8 Å². The maximum Gasteiger partial charge on any atom is 0.141 e. The third-order valence-corrected chi connectivity index (χ3v) is 4.98. The monoisotopic (exact) mass is 404 g/mol. The Morgan fingerprint density at radius 1 is 0.871 bits per heavy atom. The first-order chi connectivity index (χ1) is 15.3. The Balaban J connectivity index is 1.38.